The van der Waals surface area contributed by atoms with Gasteiger partial charge in [0.05, 0.1) is 30.5 Å². The van der Waals surface area contributed by atoms with Gasteiger partial charge in [0.15, 0.2) is 0 Å². The Morgan fingerprint density at radius 2 is 2.44 bits per heavy atom. The Labute approximate surface area is 99.2 Å². The van der Waals surface area contributed by atoms with E-state index in [0.717, 1.165) is 19.6 Å². The molecule has 1 unspecified atom stereocenters. The first-order valence-corrected chi connectivity index (χ1v) is 5.64. The average Bonchev–Trinajstić information content (AvgIpc) is 2.81. The van der Waals surface area contributed by atoms with Crippen molar-refractivity contribution < 1.29 is 14.6 Å². The highest BCUT2D eigenvalue weighted by Gasteiger charge is 2.16. The van der Waals surface area contributed by atoms with E-state index in [1.54, 1.807) is 12.1 Å². The van der Waals surface area contributed by atoms with Gasteiger partial charge in [-0.3, -0.25) is 0 Å². The van der Waals surface area contributed by atoms with Gasteiger partial charge in [0.2, 0.25) is 5.88 Å². The Morgan fingerprint density at radius 3 is 3.12 bits per heavy atom. The van der Waals surface area contributed by atoms with Crippen LogP contribution in [0.25, 0.3) is 0 Å². The molecular formula is C11H14ClNO3. The average molecular weight is 244 g/mol. The summed E-state index contributed by atoms with van der Waals surface area (Å²) < 4.78 is 10.8. The third-order valence-electron chi connectivity index (χ3n) is 2.53. The lowest BCUT2D eigenvalue weighted by Crippen LogP contribution is -2.12. The molecule has 1 atom stereocenters. The summed E-state index contributed by atoms with van der Waals surface area (Å²) in [5.41, 5.74) is 0.446. The predicted molar refractivity (Wildman–Crippen MR) is 59.6 cm³/mol. The van der Waals surface area contributed by atoms with E-state index >= 15 is 0 Å². The van der Waals surface area contributed by atoms with Crippen molar-refractivity contribution in [3.63, 3.8) is 0 Å². The fraction of sp³-hybridized carbons (Fsp3) is 0.545. The lowest BCUT2D eigenvalue weighted by atomic mass is 10.1. The summed E-state index contributed by atoms with van der Waals surface area (Å²) in [7, 11) is 0. The van der Waals surface area contributed by atoms with E-state index in [-0.39, 0.29) is 6.61 Å². The zero-order valence-electron chi connectivity index (χ0n) is 8.86. The van der Waals surface area contributed by atoms with E-state index in [1.807, 2.05) is 0 Å². The van der Waals surface area contributed by atoms with E-state index in [0.29, 0.717) is 29.1 Å². The van der Waals surface area contributed by atoms with E-state index in [1.165, 1.54) is 0 Å². The van der Waals surface area contributed by atoms with Gasteiger partial charge in [-0.15, -0.1) is 0 Å². The molecule has 0 radical (unpaired) electrons. The Bertz CT molecular complexity index is 353. The summed E-state index contributed by atoms with van der Waals surface area (Å²) in [6.45, 7) is 1.98. The number of aliphatic hydroxyl groups excluding tert-OH is 1. The van der Waals surface area contributed by atoms with Crippen LogP contribution in [-0.4, -0.2) is 29.9 Å². The molecule has 2 rings (SSSR count). The molecule has 0 aliphatic carbocycles. The van der Waals surface area contributed by atoms with Gasteiger partial charge in [-0.05, 0) is 12.5 Å². The second kappa shape index (κ2) is 5.48. The first kappa shape index (κ1) is 11.6. The predicted octanol–water partition coefficient (Wildman–Crippen LogP) is 1.64. The van der Waals surface area contributed by atoms with Gasteiger partial charge in [-0.25, -0.2) is 4.98 Å². The fourth-order valence-electron chi connectivity index (χ4n) is 1.57. The third-order valence-corrected chi connectivity index (χ3v) is 2.88. The van der Waals surface area contributed by atoms with Gasteiger partial charge in [0.1, 0.15) is 0 Å². The Hall–Kier alpha value is -0.840. The lowest BCUT2D eigenvalue weighted by molar-refractivity contribution is 0.165. The molecule has 0 amide bonds. The van der Waals surface area contributed by atoms with Crippen LogP contribution >= 0.6 is 11.6 Å². The monoisotopic (exact) mass is 243 g/mol. The van der Waals surface area contributed by atoms with Crippen LogP contribution in [0, 0.1) is 5.92 Å². The summed E-state index contributed by atoms with van der Waals surface area (Å²) in [6.07, 6.45) is 1.03. The van der Waals surface area contributed by atoms with Crippen LogP contribution in [0.15, 0.2) is 12.1 Å². The molecule has 16 heavy (non-hydrogen) atoms. The first-order valence-electron chi connectivity index (χ1n) is 5.26. The number of rotatable bonds is 4. The van der Waals surface area contributed by atoms with E-state index in [2.05, 4.69) is 4.98 Å². The minimum absolute atomic E-state index is 0.178. The lowest BCUT2D eigenvalue weighted by Gasteiger charge is -2.10. The number of hydrogen-bond donors (Lipinski definition) is 1. The molecule has 1 aliphatic heterocycles. The van der Waals surface area contributed by atoms with Gasteiger partial charge in [-0.2, -0.15) is 0 Å². The molecule has 1 aromatic rings. The molecule has 2 heterocycles. The Morgan fingerprint density at radius 1 is 1.56 bits per heavy atom. The van der Waals surface area contributed by atoms with Crippen LogP contribution in [0.1, 0.15) is 12.1 Å². The van der Waals surface area contributed by atoms with E-state index < -0.39 is 0 Å². The number of aromatic nitrogens is 1. The molecule has 5 heteroatoms. The van der Waals surface area contributed by atoms with Crippen molar-refractivity contribution in [3.8, 4) is 5.88 Å². The normalized spacial score (nSPS) is 20.0. The third kappa shape index (κ3) is 2.84. The molecule has 88 valence electrons. The number of halogens is 1. The fourth-order valence-corrected chi connectivity index (χ4v) is 1.74. The highest BCUT2D eigenvalue weighted by Crippen LogP contribution is 2.19. The van der Waals surface area contributed by atoms with Crippen LogP contribution in [-0.2, 0) is 11.3 Å². The summed E-state index contributed by atoms with van der Waals surface area (Å²) in [5, 5.41) is 9.46. The maximum absolute atomic E-state index is 9.00. The second-order valence-corrected chi connectivity index (χ2v) is 4.18. The van der Waals surface area contributed by atoms with Crippen molar-refractivity contribution in [1.29, 1.82) is 0 Å². The first-order chi connectivity index (χ1) is 7.79. The number of hydrogen-bond acceptors (Lipinski definition) is 4. The smallest absolute Gasteiger partial charge is 0.213 e. The van der Waals surface area contributed by atoms with Crippen LogP contribution < -0.4 is 4.74 Å². The molecule has 0 saturated carbocycles. The topological polar surface area (TPSA) is 51.6 Å². The maximum atomic E-state index is 9.00. The maximum Gasteiger partial charge on any atom is 0.213 e. The van der Waals surface area contributed by atoms with Crippen molar-refractivity contribution in [1.82, 2.24) is 4.98 Å². The molecule has 0 aromatic carbocycles. The molecule has 1 N–H and O–H groups in total. The molecule has 1 aliphatic rings. The standard InChI is InChI=1S/C11H14ClNO3/c12-9-1-2-11(13-10(9)5-14)16-7-8-3-4-15-6-8/h1-2,8,14H,3-7H2. The number of ether oxygens (including phenoxy) is 2. The quantitative estimate of drug-likeness (QED) is 0.874. The summed E-state index contributed by atoms with van der Waals surface area (Å²) in [4.78, 5) is 4.11. The van der Waals surface area contributed by atoms with Gasteiger partial charge in [0.25, 0.3) is 0 Å². The SMILES string of the molecule is OCc1nc(OCC2CCOC2)ccc1Cl. The van der Waals surface area contributed by atoms with Crippen LogP contribution in [0.4, 0.5) is 0 Å². The molecule has 4 nitrogen and oxygen atoms in total. The highest BCUT2D eigenvalue weighted by molar-refractivity contribution is 6.31. The van der Waals surface area contributed by atoms with Crippen molar-refractivity contribution in [2.75, 3.05) is 19.8 Å². The van der Waals surface area contributed by atoms with Gasteiger partial charge >= 0.3 is 0 Å². The van der Waals surface area contributed by atoms with Gasteiger partial charge in [0, 0.05) is 18.6 Å². The van der Waals surface area contributed by atoms with Crippen LogP contribution in [0.5, 0.6) is 5.88 Å². The zero-order valence-corrected chi connectivity index (χ0v) is 9.61. The minimum Gasteiger partial charge on any atom is -0.477 e. The zero-order chi connectivity index (χ0) is 11.4. The highest BCUT2D eigenvalue weighted by atomic mass is 35.5. The Balaban J connectivity index is 1.93. The van der Waals surface area contributed by atoms with Crippen LogP contribution in [0.3, 0.4) is 0 Å². The molecule has 0 bridgehead atoms. The summed E-state index contributed by atoms with van der Waals surface area (Å²) in [6, 6.07) is 3.39. The van der Waals surface area contributed by atoms with Crippen molar-refractivity contribution >= 4 is 11.6 Å². The number of nitrogens with zero attached hydrogens (tertiary/aromatic N) is 1. The number of aliphatic hydroxyl groups is 1. The van der Waals surface area contributed by atoms with E-state index in [4.69, 9.17) is 26.2 Å². The summed E-state index contributed by atoms with van der Waals surface area (Å²) in [5.74, 6) is 0.940. The molecule has 0 spiro atoms. The van der Waals surface area contributed by atoms with Crippen molar-refractivity contribution in [2.24, 2.45) is 5.92 Å². The minimum atomic E-state index is -0.178. The van der Waals surface area contributed by atoms with Gasteiger partial charge in [-0.1, -0.05) is 11.6 Å². The second-order valence-electron chi connectivity index (χ2n) is 3.78. The molecule has 1 fully saturated rings. The summed E-state index contributed by atoms with van der Waals surface area (Å²) >= 11 is 5.83. The van der Waals surface area contributed by atoms with Crippen LogP contribution in [0.2, 0.25) is 5.02 Å². The van der Waals surface area contributed by atoms with Crippen molar-refractivity contribution in [3.05, 3.63) is 22.8 Å². The van der Waals surface area contributed by atoms with Gasteiger partial charge < -0.3 is 14.6 Å². The molecule has 1 aromatic heterocycles. The number of pyridine rings is 1. The van der Waals surface area contributed by atoms with Crippen molar-refractivity contribution in [2.45, 2.75) is 13.0 Å². The molecule has 1 saturated heterocycles. The Kier molecular flexibility index (Phi) is 3.98. The van der Waals surface area contributed by atoms with E-state index in [9.17, 15) is 0 Å². The molecular weight excluding hydrogens is 230 g/mol. The largest absolute Gasteiger partial charge is 0.477 e.